The molecule has 0 aromatic heterocycles. The van der Waals surface area contributed by atoms with E-state index in [4.69, 9.17) is 11.6 Å². The molecule has 9 heteroatoms. The fourth-order valence-electron chi connectivity index (χ4n) is 3.55. The fraction of sp³-hybridized carbons (Fsp3) is 0.600. The molecule has 2 aliphatic heterocycles. The van der Waals surface area contributed by atoms with Crippen molar-refractivity contribution in [3.05, 3.63) is 28.8 Å². The Morgan fingerprint density at radius 1 is 1.21 bits per heavy atom. The average molecular weight is 383 g/mol. The van der Waals surface area contributed by atoms with Crippen LogP contribution in [0.25, 0.3) is 0 Å². The number of piperidine rings is 1. The van der Waals surface area contributed by atoms with E-state index in [0.29, 0.717) is 18.9 Å². The number of fused-ring (bicyclic) bond motifs is 2. The van der Waals surface area contributed by atoms with Crippen molar-refractivity contribution in [2.75, 3.05) is 7.05 Å². The first kappa shape index (κ1) is 18.0. The second kappa shape index (κ2) is 6.16. The number of alkyl halides is 3. The van der Waals surface area contributed by atoms with Gasteiger partial charge >= 0.3 is 6.18 Å². The van der Waals surface area contributed by atoms with Crippen LogP contribution in [0.5, 0.6) is 0 Å². The predicted octanol–water partition coefficient (Wildman–Crippen LogP) is 3.26. The number of benzene rings is 1. The molecule has 2 atom stereocenters. The monoisotopic (exact) mass is 382 g/mol. The Morgan fingerprint density at radius 3 is 2.33 bits per heavy atom. The number of nitrogens with one attached hydrogen (secondary N) is 1. The highest BCUT2D eigenvalue weighted by molar-refractivity contribution is 7.89. The third-order valence-corrected chi connectivity index (χ3v) is 7.27. The van der Waals surface area contributed by atoms with Gasteiger partial charge in [0.2, 0.25) is 10.0 Å². The Morgan fingerprint density at radius 2 is 1.79 bits per heavy atom. The number of rotatable bonds is 3. The van der Waals surface area contributed by atoms with Crippen LogP contribution in [0.2, 0.25) is 5.02 Å². The Hall–Kier alpha value is -0.830. The number of sulfonamides is 1. The number of hydrogen-bond acceptors (Lipinski definition) is 3. The summed E-state index contributed by atoms with van der Waals surface area (Å²) >= 11 is 5.90. The van der Waals surface area contributed by atoms with E-state index in [1.807, 2.05) is 0 Å². The van der Waals surface area contributed by atoms with Gasteiger partial charge in [0.1, 0.15) is 4.90 Å². The van der Waals surface area contributed by atoms with Crippen molar-refractivity contribution in [3.63, 3.8) is 0 Å². The maximum absolute atomic E-state index is 12.9. The first-order valence-corrected chi connectivity index (χ1v) is 9.51. The van der Waals surface area contributed by atoms with E-state index in [1.54, 1.807) is 0 Å². The molecule has 0 amide bonds. The van der Waals surface area contributed by atoms with Crippen LogP contribution < -0.4 is 5.32 Å². The summed E-state index contributed by atoms with van der Waals surface area (Å²) in [4.78, 5) is -0.493. The van der Waals surface area contributed by atoms with Gasteiger partial charge in [-0.25, -0.2) is 8.42 Å². The lowest BCUT2D eigenvalue weighted by Gasteiger charge is -2.35. The van der Waals surface area contributed by atoms with Gasteiger partial charge in [0.05, 0.1) is 10.6 Å². The quantitative estimate of drug-likeness (QED) is 0.873. The molecule has 1 aromatic carbocycles. The predicted molar refractivity (Wildman–Crippen MR) is 84.4 cm³/mol. The van der Waals surface area contributed by atoms with Gasteiger partial charge in [-0.2, -0.15) is 17.5 Å². The first-order chi connectivity index (χ1) is 11.1. The smallest absolute Gasteiger partial charge is 0.311 e. The number of nitrogens with zero attached hydrogens (tertiary/aromatic N) is 1. The maximum atomic E-state index is 12.9. The Balaban J connectivity index is 1.92. The van der Waals surface area contributed by atoms with Crippen molar-refractivity contribution < 1.29 is 21.6 Å². The van der Waals surface area contributed by atoms with E-state index in [1.165, 1.54) is 11.4 Å². The third kappa shape index (κ3) is 3.29. The number of halogens is 4. The normalized spacial score (nSPS) is 27.7. The molecule has 0 saturated carbocycles. The molecule has 0 aliphatic carbocycles. The minimum Gasteiger partial charge on any atom is -0.311 e. The fourth-order valence-corrected chi connectivity index (χ4v) is 5.43. The lowest BCUT2D eigenvalue weighted by atomic mass is 10.0. The average Bonchev–Trinajstić information content (AvgIpc) is 2.83. The van der Waals surface area contributed by atoms with E-state index >= 15 is 0 Å². The minimum absolute atomic E-state index is 0.202. The van der Waals surface area contributed by atoms with Crippen LogP contribution >= 0.6 is 11.6 Å². The van der Waals surface area contributed by atoms with Gasteiger partial charge < -0.3 is 5.32 Å². The molecular weight excluding hydrogens is 365 g/mol. The van der Waals surface area contributed by atoms with Gasteiger partial charge in [-0.05, 0) is 43.9 Å². The molecule has 0 spiro atoms. The molecule has 24 heavy (non-hydrogen) atoms. The van der Waals surface area contributed by atoms with Crippen LogP contribution in [0.4, 0.5) is 13.2 Å². The van der Waals surface area contributed by atoms with Crippen LogP contribution in [0, 0.1) is 0 Å². The van der Waals surface area contributed by atoms with Gasteiger partial charge in [0.15, 0.2) is 0 Å². The molecule has 2 heterocycles. The van der Waals surface area contributed by atoms with E-state index in [0.717, 1.165) is 25.0 Å². The van der Waals surface area contributed by atoms with Gasteiger partial charge in [0.25, 0.3) is 0 Å². The first-order valence-electron chi connectivity index (χ1n) is 7.70. The van der Waals surface area contributed by atoms with Crippen LogP contribution in [0.3, 0.4) is 0 Å². The summed E-state index contributed by atoms with van der Waals surface area (Å²) in [6, 6.07) is 2.68. The molecule has 2 bridgehead atoms. The Kier molecular flexibility index (Phi) is 4.61. The summed E-state index contributed by atoms with van der Waals surface area (Å²) in [7, 11) is -2.68. The number of hydrogen-bond donors (Lipinski definition) is 1. The molecule has 2 fully saturated rings. The molecular formula is C15H18ClF3N2O2S. The second-order valence-corrected chi connectivity index (χ2v) is 8.80. The van der Waals surface area contributed by atoms with Crippen molar-refractivity contribution in [2.45, 2.75) is 54.9 Å². The molecule has 2 aliphatic rings. The Bertz CT molecular complexity index is 727. The molecule has 4 nitrogen and oxygen atoms in total. The molecule has 134 valence electrons. The molecule has 2 saturated heterocycles. The van der Waals surface area contributed by atoms with E-state index < -0.39 is 26.7 Å². The van der Waals surface area contributed by atoms with Crippen molar-refractivity contribution >= 4 is 21.6 Å². The van der Waals surface area contributed by atoms with E-state index in [-0.39, 0.29) is 23.1 Å². The maximum Gasteiger partial charge on any atom is 0.416 e. The highest BCUT2D eigenvalue weighted by Crippen LogP contribution is 2.36. The standard InChI is InChI=1S/C15H18ClF3N2O2S/c1-21(12-7-10-3-4-11(8-12)20-10)24(22,23)14-6-9(15(17,18)19)2-5-13(14)16/h2,5-6,10-12,20H,3-4,7-8H2,1H3. The lowest BCUT2D eigenvalue weighted by Crippen LogP contribution is -2.48. The van der Waals surface area contributed by atoms with Gasteiger partial charge in [-0.3, -0.25) is 0 Å². The summed E-state index contributed by atoms with van der Waals surface area (Å²) in [6.07, 6.45) is -1.31. The minimum atomic E-state index is -4.62. The lowest BCUT2D eigenvalue weighted by molar-refractivity contribution is -0.137. The molecule has 1 N–H and O–H groups in total. The van der Waals surface area contributed by atoms with Gasteiger partial charge in [-0.15, -0.1) is 0 Å². The summed E-state index contributed by atoms with van der Waals surface area (Å²) in [5, 5.41) is 3.21. The zero-order chi connectivity index (χ0) is 17.7. The van der Waals surface area contributed by atoms with Crippen LogP contribution in [0.1, 0.15) is 31.2 Å². The zero-order valence-electron chi connectivity index (χ0n) is 13.0. The van der Waals surface area contributed by atoms with Gasteiger partial charge in [-0.1, -0.05) is 11.6 Å². The summed E-state index contributed by atoms with van der Waals surface area (Å²) in [6.45, 7) is 0. The SMILES string of the molecule is CN(C1CC2CCC(C1)N2)S(=O)(=O)c1cc(C(F)(F)F)ccc1Cl. The second-order valence-electron chi connectivity index (χ2n) is 6.43. The highest BCUT2D eigenvalue weighted by Gasteiger charge is 2.40. The molecule has 2 unspecified atom stereocenters. The van der Waals surface area contributed by atoms with Crippen molar-refractivity contribution in [2.24, 2.45) is 0 Å². The zero-order valence-corrected chi connectivity index (χ0v) is 14.5. The van der Waals surface area contributed by atoms with Crippen LogP contribution in [0.15, 0.2) is 23.1 Å². The summed E-state index contributed by atoms with van der Waals surface area (Å²) in [5.41, 5.74) is -1.02. The summed E-state index contributed by atoms with van der Waals surface area (Å²) < 4.78 is 65.5. The Labute approximate surface area is 144 Å². The van der Waals surface area contributed by atoms with Crippen LogP contribution in [-0.2, 0) is 16.2 Å². The van der Waals surface area contributed by atoms with E-state index in [9.17, 15) is 21.6 Å². The third-order valence-electron chi connectivity index (χ3n) is 4.88. The van der Waals surface area contributed by atoms with Crippen LogP contribution in [-0.4, -0.2) is 37.9 Å². The topological polar surface area (TPSA) is 49.4 Å². The highest BCUT2D eigenvalue weighted by atomic mass is 35.5. The molecule has 0 radical (unpaired) electrons. The summed E-state index contributed by atoms with van der Waals surface area (Å²) in [5.74, 6) is 0. The van der Waals surface area contributed by atoms with E-state index in [2.05, 4.69) is 5.32 Å². The molecule has 1 aromatic rings. The largest absolute Gasteiger partial charge is 0.416 e. The molecule has 3 rings (SSSR count). The van der Waals surface area contributed by atoms with Crippen molar-refractivity contribution in [1.82, 2.24) is 9.62 Å². The van der Waals surface area contributed by atoms with Crippen molar-refractivity contribution in [3.8, 4) is 0 Å². The van der Waals surface area contributed by atoms with Gasteiger partial charge in [0, 0.05) is 25.2 Å². The van der Waals surface area contributed by atoms with Crippen molar-refractivity contribution in [1.29, 1.82) is 0 Å².